The van der Waals surface area contributed by atoms with Gasteiger partial charge < -0.3 is 20.4 Å². The number of carbonyl (C=O) groups excluding carboxylic acids is 1. The first-order chi connectivity index (χ1) is 12.8. The summed E-state index contributed by atoms with van der Waals surface area (Å²) >= 11 is 11.4. The van der Waals surface area contributed by atoms with Crippen molar-refractivity contribution in [2.75, 3.05) is 42.9 Å². The monoisotopic (exact) mass is 424 g/mol. The molecule has 0 aliphatic carbocycles. The number of benzene rings is 1. The molecule has 0 radical (unpaired) electrons. The molecule has 1 unspecified atom stereocenters. The number of rotatable bonds is 11. The summed E-state index contributed by atoms with van der Waals surface area (Å²) < 4.78 is 0. The maximum Gasteiger partial charge on any atom is 0.300 e. The van der Waals surface area contributed by atoms with E-state index in [1.165, 1.54) is 4.90 Å². The smallest absolute Gasteiger partial charge is 0.300 e. The second kappa shape index (κ2) is 10.8. The van der Waals surface area contributed by atoms with Crippen LogP contribution in [0.1, 0.15) is 10.4 Å². The first-order valence-corrected chi connectivity index (χ1v) is 8.74. The van der Waals surface area contributed by atoms with Crippen LogP contribution in [0.4, 0.5) is 17.1 Å². The van der Waals surface area contributed by atoms with E-state index in [1.807, 2.05) is 0 Å². The molecule has 11 nitrogen and oxygen atoms in total. The van der Waals surface area contributed by atoms with Crippen molar-refractivity contribution < 1.29 is 24.9 Å². The van der Waals surface area contributed by atoms with Gasteiger partial charge in [0.1, 0.15) is 0 Å². The van der Waals surface area contributed by atoms with Gasteiger partial charge in [0.25, 0.3) is 17.3 Å². The van der Waals surface area contributed by atoms with Crippen LogP contribution in [0.2, 0.25) is 0 Å². The Balaban J connectivity index is 3.45. The summed E-state index contributed by atoms with van der Waals surface area (Å²) in [5.74, 6) is -0.777. The van der Waals surface area contributed by atoms with Gasteiger partial charge in [-0.1, -0.05) is 0 Å². The van der Waals surface area contributed by atoms with Gasteiger partial charge in [-0.3, -0.25) is 25.0 Å². The van der Waals surface area contributed by atoms with Gasteiger partial charge in [-0.05, 0) is 0 Å². The largest absolute Gasteiger partial charge is 0.394 e. The Labute approximate surface area is 163 Å². The SMILES string of the molecule is O=C(NCC(O)CO)c1cc([N+](=O)[O-])c(N(CCCl)CCCl)c([N+](=O)[O-])c1. The molecule has 0 heterocycles. The third-order valence-electron chi connectivity index (χ3n) is 3.46. The molecule has 13 heteroatoms. The number of amides is 1. The lowest BCUT2D eigenvalue weighted by Crippen LogP contribution is -2.34. The first-order valence-electron chi connectivity index (χ1n) is 7.67. The predicted octanol–water partition coefficient (Wildman–Crippen LogP) is 0.870. The van der Waals surface area contributed by atoms with Crippen LogP contribution in [0.15, 0.2) is 12.1 Å². The Morgan fingerprint density at radius 3 is 2.00 bits per heavy atom. The topological polar surface area (TPSA) is 159 Å². The van der Waals surface area contributed by atoms with E-state index in [0.717, 1.165) is 12.1 Å². The minimum absolute atomic E-state index is 0.0481. The van der Waals surface area contributed by atoms with Crippen LogP contribution >= 0.6 is 23.2 Å². The molecule has 1 atom stereocenters. The van der Waals surface area contributed by atoms with Crippen molar-refractivity contribution in [2.45, 2.75) is 6.10 Å². The van der Waals surface area contributed by atoms with E-state index in [0.29, 0.717) is 0 Å². The van der Waals surface area contributed by atoms with Crippen LogP contribution < -0.4 is 10.2 Å². The molecule has 150 valence electrons. The van der Waals surface area contributed by atoms with E-state index in [-0.39, 0.29) is 42.6 Å². The molecule has 0 aliphatic heterocycles. The number of nitrogens with one attached hydrogen (secondary N) is 1. The highest BCUT2D eigenvalue weighted by Gasteiger charge is 2.32. The van der Waals surface area contributed by atoms with E-state index >= 15 is 0 Å². The molecule has 27 heavy (non-hydrogen) atoms. The van der Waals surface area contributed by atoms with Crippen molar-refractivity contribution in [2.24, 2.45) is 0 Å². The Hall–Kier alpha value is -2.21. The minimum atomic E-state index is -1.24. The number of hydrogen-bond donors (Lipinski definition) is 3. The summed E-state index contributed by atoms with van der Waals surface area (Å²) in [6.07, 6.45) is -1.24. The molecule has 0 aliphatic rings. The molecule has 0 saturated heterocycles. The van der Waals surface area contributed by atoms with Crippen LogP contribution in [0.3, 0.4) is 0 Å². The molecule has 0 bridgehead atoms. The Bertz CT molecular complexity index is 663. The van der Waals surface area contributed by atoms with Gasteiger partial charge in [0, 0.05) is 43.5 Å². The van der Waals surface area contributed by atoms with Gasteiger partial charge in [-0.2, -0.15) is 0 Å². The number of anilines is 1. The van der Waals surface area contributed by atoms with Crippen molar-refractivity contribution in [1.82, 2.24) is 5.32 Å². The second-order valence-corrected chi connectivity index (χ2v) is 6.04. The third-order valence-corrected chi connectivity index (χ3v) is 3.80. The number of halogens is 2. The van der Waals surface area contributed by atoms with Gasteiger partial charge >= 0.3 is 0 Å². The normalized spacial score (nSPS) is 11.7. The first kappa shape index (κ1) is 22.8. The Morgan fingerprint density at radius 1 is 1.15 bits per heavy atom. The zero-order chi connectivity index (χ0) is 20.6. The van der Waals surface area contributed by atoms with Gasteiger partial charge in [-0.15, -0.1) is 23.2 Å². The van der Waals surface area contributed by atoms with Crippen molar-refractivity contribution >= 4 is 46.2 Å². The number of carbonyl (C=O) groups is 1. The summed E-state index contributed by atoms with van der Waals surface area (Å²) in [6.45, 7) is -0.789. The van der Waals surface area contributed by atoms with Crippen molar-refractivity contribution in [3.05, 3.63) is 37.9 Å². The highest BCUT2D eigenvalue weighted by atomic mass is 35.5. The van der Waals surface area contributed by atoms with Gasteiger partial charge in [-0.25, -0.2) is 0 Å². The highest BCUT2D eigenvalue weighted by molar-refractivity contribution is 6.18. The van der Waals surface area contributed by atoms with Crippen LogP contribution in [0, 0.1) is 20.2 Å². The zero-order valence-electron chi connectivity index (χ0n) is 14.0. The molecule has 0 fully saturated rings. The lowest BCUT2D eigenvalue weighted by molar-refractivity contribution is -0.392. The molecule has 3 N–H and O–H groups in total. The standard InChI is InChI=1S/C14H18Cl2N4O7/c15-1-3-18(4-2-16)13-11(19(24)25)5-9(6-12(13)20(26)27)14(23)17-7-10(22)8-21/h5-6,10,21-22H,1-4,7-8H2,(H,17,23). The fraction of sp³-hybridized carbons (Fsp3) is 0.500. The number of alkyl halides is 2. The fourth-order valence-electron chi connectivity index (χ4n) is 2.25. The Morgan fingerprint density at radius 2 is 1.63 bits per heavy atom. The van der Waals surface area contributed by atoms with Gasteiger partial charge in [0.15, 0.2) is 5.69 Å². The third kappa shape index (κ3) is 6.17. The summed E-state index contributed by atoms with van der Waals surface area (Å²) in [7, 11) is 0. The zero-order valence-corrected chi connectivity index (χ0v) is 15.5. The molecular formula is C14H18Cl2N4O7. The summed E-state index contributed by atoms with van der Waals surface area (Å²) in [6, 6.07) is 1.80. The number of aliphatic hydroxyl groups is 2. The number of nitrogens with zero attached hydrogens (tertiary/aromatic N) is 3. The number of hydrogen-bond acceptors (Lipinski definition) is 8. The van der Waals surface area contributed by atoms with Crippen molar-refractivity contribution in [1.29, 1.82) is 0 Å². The van der Waals surface area contributed by atoms with Crippen LogP contribution in [0.5, 0.6) is 0 Å². The predicted molar refractivity (Wildman–Crippen MR) is 98.8 cm³/mol. The summed E-state index contributed by atoms with van der Waals surface area (Å²) in [4.78, 5) is 34.7. The maximum atomic E-state index is 12.1. The maximum absolute atomic E-state index is 12.1. The number of nitro groups is 2. The van der Waals surface area contributed by atoms with Crippen LogP contribution in [-0.4, -0.2) is 70.1 Å². The molecule has 1 rings (SSSR count). The van der Waals surface area contributed by atoms with E-state index in [1.54, 1.807) is 0 Å². The second-order valence-electron chi connectivity index (χ2n) is 5.29. The van der Waals surface area contributed by atoms with Gasteiger partial charge in [0.05, 0.1) is 28.1 Å². The average molecular weight is 425 g/mol. The quantitative estimate of drug-likeness (QED) is 0.268. The number of nitro benzene ring substituents is 2. The molecule has 0 aromatic heterocycles. The average Bonchev–Trinajstić information content (AvgIpc) is 2.64. The van der Waals surface area contributed by atoms with Gasteiger partial charge in [0.2, 0.25) is 0 Å². The van der Waals surface area contributed by atoms with E-state index in [2.05, 4.69) is 5.32 Å². The van der Waals surface area contributed by atoms with E-state index in [4.69, 9.17) is 28.3 Å². The highest BCUT2D eigenvalue weighted by Crippen LogP contribution is 2.38. The lowest BCUT2D eigenvalue weighted by atomic mass is 10.1. The molecule has 1 amide bonds. The van der Waals surface area contributed by atoms with Crippen molar-refractivity contribution in [3.63, 3.8) is 0 Å². The molecular weight excluding hydrogens is 407 g/mol. The molecule has 1 aromatic rings. The Kier molecular flexibility index (Phi) is 9.15. The fourth-order valence-corrected chi connectivity index (χ4v) is 2.66. The van der Waals surface area contributed by atoms with Crippen LogP contribution in [0.25, 0.3) is 0 Å². The molecule has 1 aromatic carbocycles. The summed E-state index contributed by atoms with van der Waals surface area (Å²) in [5, 5.41) is 43.2. The number of aliphatic hydroxyl groups excluding tert-OH is 2. The lowest BCUT2D eigenvalue weighted by Gasteiger charge is -2.22. The minimum Gasteiger partial charge on any atom is -0.394 e. The van der Waals surface area contributed by atoms with E-state index < -0.39 is 39.8 Å². The molecule has 0 spiro atoms. The van der Waals surface area contributed by atoms with E-state index in [9.17, 15) is 30.1 Å². The van der Waals surface area contributed by atoms with Crippen molar-refractivity contribution in [3.8, 4) is 0 Å². The van der Waals surface area contributed by atoms with Crippen LogP contribution in [-0.2, 0) is 0 Å². The summed E-state index contributed by atoms with van der Waals surface area (Å²) in [5.41, 5.74) is -1.92. The molecule has 0 saturated carbocycles.